The summed E-state index contributed by atoms with van der Waals surface area (Å²) in [5, 5.41) is 4.55. The molecule has 5 nitrogen and oxygen atoms in total. The molecule has 0 aromatic heterocycles. The van der Waals surface area contributed by atoms with Crippen LogP contribution in [0.2, 0.25) is 0 Å². The van der Waals surface area contributed by atoms with Gasteiger partial charge in [-0.2, -0.15) is 16.9 Å². The van der Waals surface area contributed by atoms with Gasteiger partial charge in [0.1, 0.15) is 6.04 Å². The van der Waals surface area contributed by atoms with Crippen LogP contribution in [-0.4, -0.2) is 43.0 Å². The summed E-state index contributed by atoms with van der Waals surface area (Å²) >= 11 is 4.47. The van der Waals surface area contributed by atoms with Crippen molar-refractivity contribution in [3.05, 3.63) is 78.4 Å². The van der Waals surface area contributed by atoms with Crippen LogP contribution in [0.5, 0.6) is 0 Å². The summed E-state index contributed by atoms with van der Waals surface area (Å²) in [6.07, 6.45) is 1.09. The highest BCUT2D eigenvalue weighted by atomic mass is 32.2. The first kappa shape index (κ1) is 20.9. The molecule has 0 aliphatic carbocycles. The summed E-state index contributed by atoms with van der Waals surface area (Å²) in [4.78, 5) is 13.0. The third kappa shape index (κ3) is 4.38. The highest BCUT2D eigenvalue weighted by molar-refractivity contribution is 7.89. The van der Waals surface area contributed by atoms with Crippen molar-refractivity contribution in [1.29, 1.82) is 0 Å². The molecule has 3 aromatic rings. The van der Waals surface area contributed by atoms with Crippen molar-refractivity contribution >= 4 is 39.3 Å². The average molecular weight is 441 g/mol. The van der Waals surface area contributed by atoms with Crippen LogP contribution in [0.4, 0.5) is 0 Å². The molecule has 1 aliphatic heterocycles. The first-order valence-corrected chi connectivity index (χ1v) is 11.9. The normalized spacial score (nSPS) is 19.8. The molecule has 3 aromatic carbocycles. The van der Waals surface area contributed by atoms with Crippen molar-refractivity contribution in [3.63, 3.8) is 0 Å². The molecule has 1 fully saturated rings. The van der Waals surface area contributed by atoms with Gasteiger partial charge in [0, 0.05) is 18.3 Å². The van der Waals surface area contributed by atoms with E-state index < -0.39 is 16.1 Å². The van der Waals surface area contributed by atoms with Crippen molar-refractivity contribution in [2.75, 3.05) is 13.1 Å². The Labute approximate surface area is 182 Å². The minimum absolute atomic E-state index is 0.176. The van der Waals surface area contributed by atoms with E-state index in [2.05, 4.69) is 17.9 Å². The first-order chi connectivity index (χ1) is 14.4. The maximum Gasteiger partial charge on any atom is 0.243 e. The molecule has 1 saturated heterocycles. The van der Waals surface area contributed by atoms with E-state index >= 15 is 0 Å². The smallest absolute Gasteiger partial charge is 0.243 e. The monoisotopic (exact) mass is 440 g/mol. The Morgan fingerprint density at radius 3 is 2.47 bits per heavy atom. The SMILES string of the molecule is O=C(NCCc1ccccc1)C1CC(S)CN1S(=O)(=O)c1ccc2ccccc2c1. The zero-order chi connectivity index (χ0) is 21.1. The summed E-state index contributed by atoms with van der Waals surface area (Å²) in [5.41, 5.74) is 1.12. The molecule has 1 heterocycles. The number of benzene rings is 3. The lowest BCUT2D eigenvalue weighted by Crippen LogP contribution is -2.46. The van der Waals surface area contributed by atoms with Gasteiger partial charge in [0.15, 0.2) is 0 Å². The predicted molar refractivity (Wildman–Crippen MR) is 122 cm³/mol. The van der Waals surface area contributed by atoms with Gasteiger partial charge in [-0.1, -0.05) is 60.7 Å². The number of amides is 1. The van der Waals surface area contributed by atoms with E-state index in [0.29, 0.717) is 19.4 Å². The van der Waals surface area contributed by atoms with Crippen LogP contribution in [0.3, 0.4) is 0 Å². The molecule has 0 bridgehead atoms. The van der Waals surface area contributed by atoms with Crippen LogP contribution in [0.25, 0.3) is 10.8 Å². The van der Waals surface area contributed by atoms with Crippen molar-refractivity contribution < 1.29 is 13.2 Å². The van der Waals surface area contributed by atoms with Crippen LogP contribution >= 0.6 is 12.6 Å². The van der Waals surface area contributed by atoms with Gasteiger partial charge >= 0.3 is 0 Å². The number of sulfonamides is 1. The molecule has 2 unspecified atom stereocenters. The minimum atomic E-state index is -3.81. The van der Waals surface area contributed by atoms with Gasteiger partial charge < -0.3 is 5.32 Å². The molecule has 1 N–H and O–H groups in total. The largest absolute Gasteiger partial charge is 0.354 e. The van der Waals surface area contributed by atoms with Gasteiger partial charge in [-0.05, 0) is 41.3 Å². The average Bonchev–Trinajstić information content (AvgIpc) is 3.17. The van der Waals surface area contributed by atoms with Gasteiger partial charge in [-0.3, -0.25) is 4.79 Å². The Kier molecular flexibility index (Phi) is 6.13. The topological polar surface area (TPSA) is 66.5 Å². The fourth-order valence-electron chi connectivity index (χ4n) is 3.84. The van der Waals surface area contributed by atoms with E-state index in [-0.39, 0.29) is 22.6 Å². The van der Waals surface area contributed by atoms with Gasteiger partial charge in [-0.15, -0.1) is 0 Å². The zero-order valence-corrected chi connectivity index (χ0v) is 18.1. The highest BCUT2D eigenvalue weighted by Gasteiger charge is 2.42. The van der Waals surface area contributed by atoms with Crippen LogP contribution in [0, 0.1) is 0 Å². The van der Waals surface area contributed by atoms with E-state index in [9.17, 15) is 13.2 Å². The molecule has 1 amide bonds. The number of carbonyl (C=O) groups excluding carboxylic acids is 1. The highest BCUT2D eigenvalue weighted by Crippen LogP contribution is 2.30. The Balaban J connectivity index is 1.51. The number of hydrogen-bond acceptors (Lipinski definition) is 4. The molecule has 156 valence electrons. The standard InChI is InChI=1S/C23H24N2O3S2/c26-23(24-13-12-17-6-2-1-3-7-17)22-15-20(29)16-25(22)30(27,28)21-11-10-18-8-4-5-9-19(18)14-21/h1-11,14,20,22,29H,12-13,15-16H2,(H,24,26). The third-order valence-electron chi connectivity index (χ3n) is 5.42. The molecular formula is C23H24N2O3S2. The summed E-state index contributed by atoms with van der Waals surface area (Å²) < 4.78 is 28.0. The van der Waals surface area contributed by atoms with Crippen molar-refractivity contribution in [2.24, 2.45) is 0 Å². The molecule has 30 heavy (non-hydrogen) atoms. The fraction of sp³-hybridized carbons (Fsp3) is 0.261. The first-order valence-electron chi connectivity index (χ1n) is 9.95. The summed E-state index contributed by atoms with van der Waals surface area (Å²) in [6.45, 7) is 0.676. The van der Waals surface area contributed by atoms with E-state index in [1.807, 2.05) is 54.6 Å². The van der Waals surface area contributed by atoms with E-state index in [1.54, 1.807) is 18.2 Å². The molecule has 0 radical (unpaired) electrons. The van der Waals surface area contributed by atoms with Gasteiger partial charge in [0.25, 0.3) is 0 Å². The van der Waals surface area contributed by atoms with E-state index in [4.69, 9.17) is 0 Å². The van der Waals surface area contributed by atoms with Crippen LogP contribution < -0.4 is 5.32 Å². The maximum absolute atomic E-state index is 13.3. The van der Waals surface area contributed by atoms with Crippen LogP contribution in [0.15, 0.2) is 77.7 Å². The van der Waals surface area contributed by atoms with Crippen LogP contribution in [0.1, 0.15) is 12.0 Å². The van der Waals surface area contributed by atoms with Crippen molar-refractivity contribution in [3.8, 4) is 0 Å². The number of hydrogen-bond donors (Lipinski definition) is 2. The zero-order valence-electron chi connectivity index (χ0n) is 16.4. The molecule has 2 atom stereocenters. The van der Waals surface area contributed by atoms with E-state index in [1.165, 1.54) is 4.31 Å². The number of nitrogens with one attached hydrogen (secondary N) is 1. The number of fused-ring (bicyclic) bond motifs is 1. The Morgan fingerprint density at radius 1 is 1.00 bits per heavy atom. The molecule has 0 spiro atoms. The van der Waals surface area contributed by atoms with Gasteiger partial charge in [0.2, 0.25) is 15.9 Å². The fourth-order valence-corrected chi connectivity index (χ4v) is 6.01. The summed E-state index contributed by atoms with van der Waals surface area (Å²) in [5.74, 6) is -0.271. The second-order valence-electron chi connectivity index (χ2n) is 7.52. The second-order valence-corrected chi connectivity index (χ2v) is 10.1. The lowest BCUT2D eigenvalue weighted by Gasteiger charge is -2.23. The molecule has 1 aliphatic rings. The summed E-state index contributed by atoms with van der Waals surface area (Å²) in [6, 6.07) is 21.8. The lowest BCUT2D eigenvalue weighted by molar-refractivity contribution is -0.124. The maximum atomic E-state index is 13.3. The second kappa shape index (κ2) is 8.79. The number of carbonyl (C=O) groups is 1. The lowest BCUT2D eigenvalue weighted by atomic mass is 10.1. The minimum Gasteiger partial charge on any atom is -0.354 e. The van der Waals surface area contributed by atoms with Gasteiger partial charge in [-0.25, -0.2) is 8.42 Å². The quantitative estimate of drug-likeness (QED) is 0.578. The van der Waals surface area contributed by atoms with Crippen molar-refractivity contribution in [1.82, 2.24) is 9.62 Å². The Hall–Kier alpha value is -2.35. The van der Waals surface area contributed by atoms with Gasteiger partial charge in [0.05, 0.1) is 4.90 Å². The van der Waals surface area contributed by atoms with Crippen molar-refractivity contribution in [2.45, 2.75) is 29.0 Å². The van der Waals surface area contributed by atoms with E-state index in [0.717, 1.165) is 16.3 Å². The molecular weight excluding hydrogens is 416 g/mol. The number of nitrogens with zero attached hydrogens (tertiary/aromatic N) is 1. The molecule has 7 heteroatoms. The summed E-state index contributed by atoms with van der Waals surface area (Å²) in [7, 11) is -3.81. The van der Waals surface area contributed by atoms with Crippen LogP contribution in [-0.2, 0) is 21.2 Å². The number of thiol groups is 1. The predicted octanol–water partition coefficient (Wildman–Crippen LogP) is 3.26. The molecule has 0 saturated carbocycles. The number of rotatable bonds is 6. The molecule has 4 rings (SSSR count). The Morgan fingerprint density at radius 2 is 1.70 bits per heavy atom. The Bertz CT molecular complexity index is 1150. The third-order valence-corrected chi connectivity index (χ3v) is 7.66.